The number of nitrogens with zero attached hydrogens (tertiary/aromatic N) is 1. The van der Waals surface area contributed by atoms with Crippen molar-refractivity contribution in [3.8, 4) is 11.8 Å². The molecule has 0 saturated carbocycles. The quantitative estimate of drug-likeness (QED) is 0.475. The second kappa shape index (κ2) is 6.16. The third-order valence-electron chi connectivity index (χ3n) is 2.09. The first-order valence-corrected chi connectivity index (χ1v) is 5.17. The Balaban J connectivity index is 3.03. The molecule has 0 bridgehead atoms. The van der Waals surface area contributed by atoms with Crippen molar-refractivity contribution in [1.29, 1.82) is 0 Å². The van der Waals surface area contributed by atoms with Gasteiger partial charge in [-0.25, -0.2) is 4.79 Å². The van der Waals surface area contributed by atoms with Gasteiger partial charge in [0.15, 0.2) is 0 Å². The average molecular weight is 262 g/mol. The molecule has 7 nitrogen and oxygen atoms in total. The number of carbonyl (C=O) groups is 2. The van der Waals surface area contributed by atoms with E-state index in [2.05, 4.69) is 17.2 Å². The fourth-order valence-corrected chi connectivity index (χ4v) is 1.23. The molecule has 1 aromatic rings. The van der Waals surface area contributed by atoms with Crippen LogP contribution in [0.15, 0.2) is 18.2 Å². The molecular weight excluding hydrogens is 252 g/mol. The van der Waals surface area contributed by atoms with Crippen molar-refractivity contribution in [1.82, 2.24) is 5.32 Å². The predicted octanol–water partition coefficient (Wildman–Crippen LogP) is 0.781. The van der Waals surface area contributed by atoms with E-state index in [1.54, 1.807) is 0 Å². The molecule has 0 aromatic heterocycles. The van der Waals surface area contributed by atoms with Gasteiger partial charge in [0.2, 0.25) is 5.91 Å². The van der Waals surface area contributed by atoms with Gasteiger partial charge >= 0.3 is 5.97 Å². The lowest BCUT2D eigenvalue weighted by Crippen LogP contribution is -2.19. The summed E-state index contributed by atoms with van der Waals surface area (Å²) in [5, 5.41) is 22.0. The van der Waals surface area contributed by atoms with Gasteiger partial charge in [0.1, 0.15) is 5.56 Å². The average Bonchev–Trinajstić information content (AvgIpc) is 2.34. The van der Waals surface area contributed by atoms with E-state index in [4.69, 9.17) is 5.11 Å². The van der Waals surface area contributed by atoms with Gasteiger partial charge in [-0.2, -0.15) is 0 Å². The summed E-state index contributed by atoms with van der Waals surface area (Å²) in [6.45, 7) is 1.39. The van der Waals surface area contributed by atoms with E-state index in [0.29, 0.717) is 0 Å². The maximum absolute atomic E-state index is 10.8. The summed E-state index contributed by atoms with van der Waals surface area (Å²) in [5.41, 5.74) is -0.463. The Kier molecular flexibility index (Phi) is 4.60. The van der Waals surface area contributed by atoms with E-state index in [-0.39, 0.29) is 29.3 Å². The number of nitrogens with one attached hydrogen (secondary N) is 1. The number of hydrogen-bond donors (Lipinski definition) is 2. The highest BCUT2D eigenvalue weighted by Crippen LogP contribution is 2.19. The minimum absolute atomic E-state index is 0.0627. The molecule has 0 aliphatic heterocycles. The van der Waals surface area contributed by atoms with Crippen LogP contribution in [-0.2, 0) is 4.79 Å². The van der Waals surface area contributed by atoms with Crippen molar-refractivity contribution in [3.05, 3.63) is 39.4 Å². The molecule has 19 heavy (non-hydrogen) atoms. The number of carbonyl (C=O) groups excluding carboxylic acids is 1. The molecule has 98 valence electrons. The molecule has 0 atom stereocenters. The van der Waals surface area contributed by atoms with E-state index in [1.165, 1.54) is 19.1 Å². The van der Waals surface area contributed by atoms with Crippen LogP contribution in [0.2, 0.25) is 0 Å². The molecule has 1 aromatic carbocycles. The SMILES string of the molecule is CC(=O)NCC#Cc1ccc(C(=O)O)cc1[N+](=O)[O-]. The molecule has 0 unspecified atom stereocenters. The van der Waals surface area contributed by atoms with Crippen molar-refractivity contribution in [2.24, 2.45) is 0 Å². The van der Waals surface area contributed by atoms with Gasteiger partial charge in [0.05, 0.1) is 17.0 Å². The second-order valence-electron chi connectivity index (χ2n) is 3.51. The molecular formula is C12H10N2O5. The Morgan fingerprint density at radius 3 is 2.68 bits per heavy atom. The lowest BCUT2D eigenvalue weighted by molar-refractivity contribution is -0.385. The van der Waals surface area contributed by atoms with Crippen molar-refractivity contribution in [2.75, 3.05) is 6.54 Å². The largest absolute Gasteiger partial charge is 0.478 e. The van der Waals surface area contributed by atoms with Gasteiger partial charge in [-0.3, -0.25) is 14.9 Å². The van der Waals surface area contributed by atoms with E-state index in [0.717, 1.165) is 6.07 Å². The normalized spacial score (nSPS) is 9.11. The molecule has 0 spiro atoms. The van der Waals surface area contributed by atoms with E-state index in [9.17, 15) is 19.7 Å². The molecule has 0 aliphatic rings. The number of aromatic carboxylic acids is 1. The minimum Gasteiger partial charge on any atom is -0.478 e. The van der Waals surface area contributed by atoms with Gasteiger partial charge in [0.25, 0.3) is 5.69 Å². The predicted molar refractivity (Wildman–Crippen MR) is 65.6 cm³/mol. The number of hydrogen-bond acceptors (Lipinski definition) is 4. The van der Waals surface area contributed by atoms with Crippen molar-refractivity contribution < 1.29 is 19.6 Å². The van der Waals surface area contributed by atoms with Crippen LogP contribution in [-0.4, -0.2) is 28.5 Å². The smallest absolute Gasteiger partial charge is 0.335 e. The second-order valence-corrected chi connectivity index (χ2v) is 3.51. The lowest BCUT2D eigenvalue weighted by atomic mass is 10.1. The summed E-state index contributed by atoms with van der Waals surface area (Å²) in [6.07, 6.45) is 0. The van der Waals surface area contributed by atoms with Crippen LogP contribution in [0.5, 0.6) is 0 Å². The zero-order valence-electron chi connectivity index (χ0n) is 9.97. The zero-order chi connectivity index (χ0) is 14.4. The Hall–Kier alpha value is -2.88. The summed E-state index contributed by atoms with van der Waals surface area (Å²) < 4.78 is 0. The molecule has 0 fully saturated rings. The Morgan fingerprint density at radius 2 is 2.16 bits per heavy atom. The number of benzene rings is 1. The number of nitro groups is 1. The molecule has 1 amide bonds. The topological polar surface area (TPSA) is 110 Å². The minimum atomic E-state index is -1.25. The maximum atomic E-state index is 10.8. The third kappa shape index (κ3) is 4.12. The molecule has 2 N–H and O–H groups in total. The summed E-state index contributed by atoms with van der Waals surface area (Å²) in [4.78, 5) is 31.4. The van der Waals surface area contributed by atoms with Gasteiger partial charge in [-0.15, -0.1) is 0 Å². The number of rotatable bonds is 3. The lowest BCUT2D eigenvalue weighted by Gasteiger charge is -1.98. The molecule has 0 radical (unpaired) electrons. The number of carboxylic acid groups (broad SMARTS) is 1. The molecule has 0 aliphatic carbocycles. The van der Waals surface area contributed by atoms with Crippen molar-refractivity contribution >= 4 is 17.6 Å². The number of nitro benzene ring substituents is 1. The van der Waals surface area contributed by atoms with Gasteiger partial charge in [-0.1, -0.05) is 11.8 Å². The molecule has 7 heteroatoms. The van der Waals surface area contributed by atoms with Crippen LogP contribution in [0, 0.1) is 22.0 Å². The first kappa shape index (κ1) is 14.2. The maximum Gasteiger partial charge on any atom is 0.335 e. The van der Waals surface area contributed by atoms with Crippen molar-refractivity contribution in [2.45, 2.75) is 6.92 Å². The fourth-order valence-electron chi connectivity index (χ4n) is 1.23. The van der Waals surface area contributed by atoms with E-state index in [1.807, 2.05) is 0 Å². The fraction of sp³-hybridized carbons (Fsp3) is 0.167. The molecule has 0 heterocycles. The number of amides is 1. The van der Waals surface area contributed by atoms with Gasteiger partial charge in [0, 0.05) is 13.0 Å². The first-order chi connectivity index (χ1) is 8.91. The van der Waals surface area contributed by atoms with E-state index >= 15 is 0 Å². The van der Waals surface area contributed by atoms with Crippen LogP contribution in [0.4, 0.5) is 5.69 Å². The van der Waals surface area contributed by atoms with Crippen LogP contribution in [0.25, 0.3) is 0 Å². The highest BCUT2D eigenvalue weighted by atomic mass is 16.6. The summed E-state index contributed by atoms with van der Waals surface area (Å²) >= 11 is 0. The third-order valence-corrected chi connectivity index (χ3v) is 2.09. The highest BCUT2D eigenvalue weighted by Gasteiger charge is 2.15. The van der Waals surface area contributed by atoms with Crippen LogP contribution in [0.1, 0.15) is 22.8 Å². The molecule has 1 rings (SSSR count). The van der Waals surface area contributed by atoms with Crippen LogP contribution < -0.4 is 5.32 Å². The Bertz CT molecular complexity index is 598. The first-order valence-electron chi connectivity index (χ1n) is 5.17. The van der Waals surface area contributed by atoms with Crippen LogP contribution >= 0.6 is 0 Å². The Labute approximate surface area is 108 Å². The van der Waals surface area contributed by atoms with Gasteiger partial charge in [-0.05, 0) is 12.1 Å². The standard InChI is InChI=1S/C12H10N2O5/c1-8(15)13-6-2-3-9-4-5-10(12(16)17)7-11(9)14(18)19/h4-5,7H,6H2,1H3,(H,13,15)(H,16,17). The summed E-state index contributed by atoms with van der Waals surface area (Å²) in [7, 11) is 0. The summed E-state index contributed by atoms with van der Waals surface area (Å²) in [6, 6.07) is 3.45. The van der Waals surface area contributed by atoms with Crippen molar-refractivity contribution in [3.63, 3.8) is 0 Å². The van der Waals surface area contributed by atoms with E-state index < -0.39 is 10.9 Å². The molecule has 0 saturated heterocycles. The monoisotopic (exact) mass is 262 g/mol. The van der Waals surface area contributed by atoms with Crippen LogP contribution in [0.3, 0.4) is 0 Å². The zero-order valence-corrected chi connectivity index (χ0v) is 9.97. The Morgan fingerprint density at radius 1 is 1.47 bits per heavy atom. The van der Waals surface area contributed by atoms with Gasteiger partial charge < -0.3 is 10.4 Å². The summed E-state index contributed by atoms with van der Waals surface area (Å²) in [5.74, 6) is 3.55. The number of carboxylic acids is 1. The highest BCUT2D eigenvalue weighted by molar-refractivity contribution is 5.88.